The van der Waals surface area contributed by atoms with Crippen molar-refractivity contribution in [2.24, 2.45) is 0 Å². The number of carbonyl (C=O) groups excluding carboxylic acids is 1. The van der Waals surface area contributed by atoms with Gasteiger partial charge in [-0.05, 0) is 19.4 Å². The minimum atomic E-state index is -0.612. The highest BCUT2D eigenvalue weighted by Crippen LogP contribution is 2.15. The molecule has 0 saturated carbocycles. The van der Waals surface area contributed by atoms with Crippen LogP contribution in [-0.2, 0) is 20.8 Å². The molecule has 1 heterocycles. The van der Waals surface area contributed by atoms with E-state index in [2.05, 4.69) is 15.3 Å². The molecular weight excluding hydrogens is 310 g/mol. The summed E-state index contributed by atoms with van der Waals surface area (Å²) in [5, 5.41) is 2.57. The summed E-state index contributed by atoms with van der Waals surface area (Å²) in [5.41, 5.74) is 1.35. The van der Waals surface area contributed by atoms with Crippen LogP contribution in [0.15, 0.2) is 42.7 Å². The monoisotopic (exact) mass is 331 g/mol. The number of amides is 1. The predicted octanol–water partition coefficient (Wildman–Crippen LogP) is 3.30. The minimum absolute atomic E-state index is 0.197. The lowest BCUT2D eigenvalue weighted by atomic mass is 10.2. The molecule has 2 rings (SSSR count). The molecule has 2 aromatic rings. The van der Waals surface area contributed by atoms with E-state index in [9.17, 15) is 4.79 Å². The fourth-order valence-corrected chi connectivity index (χ4v) is 1.90. The zero-order chi connectivity index (χ0) is 17.2. The van der Waals surface area contributed by atoms with Crippen LogP contribution in [0.1, 0.15) is 31.5 Å². The molecule has 0 aliphatic rings. The Morgan fingerprint density at radius 1 is 1.08 bits per heavy atom. The first-order valence-electron chi connectivity index (χ1n) is 7.75. The van der Waals surface area contributed by atoms with E-state index >= 15 is 0 Å². The topological polar surface area (TPSA) is 82.6 Å². The van der Waals surface area contributed by atoms with Crippen LogP contribution in [0.4, 0.5) is 10.5 Å². The summed E-state index contributed by atoms with van der Waals surface area (Å²) in [6, 6.07) is 9.44. The molecule has 7 heteroatoms. The molecule has 24 heavy (non-hydrogen) atoms. The van der Waals surface area contributed by atoms with E-state index in [1.54, 1.807) is 0 Å². The van der Waals surface area contributed by atoms with Crippen LogP contribution in [0.2, 0.25) is 0 Å². The summed E-state index contributed by atoms with van der Waals surface area (Å²) in [4.78, 5) is 20.1. The molecular formula is C17H21N3O4. The number of nitrogens with one attached hydrogen (secondary N) is 1. The van der Waals surface area contributed by atoms with Gasteiger partial charge in [-0.25, -0.2) is 14.8 Å². The quantitative estimate of drug-likeness (QED) is 0.747. The molecule has 1 N–H and O–H groups in total. The van der Waals surface area contributed by atoms with Gasteiger partial charge in [-0.2, -0.15) is 0 Å². The van der Waals surface area contributed by atoms with Crippen molar-refractivity contribution in [1.82, 2.24) is 9.97 Å². The second-order valence-electron chi connectivity index (χ2n) is 4.76. The van der Waals surface area contributed by atoms with Crippen LogP contribution in [-0.4, -0.2) is 29.3 Å². The molecule has 0 fully saturated rings. The Labute approximate surface area is 141 Å². The molecule has 0 bridgehead atoms. The largest absolute Gasteiger partial charge is 0.444 e. The molecule has 128 valence electrons. The predicted molar refractivity (Wildman–Crippen MR) is 88.3 cm³/mol. The van der Waals surface area contributed by atoms with Crippen molar-refractivity contribution in [3.8, 4) is 0 Å². The minimum Gasteiger partial charge on any atom is -0.444 e. The number of anilines is 1. The van der Waals surface area contributed by atoms with Gasteiger partial charge in [0, 0.05) is 13.2 Å². The van der Waals surface area contributed by atoms with Crippen molar-refractivity contribution >= 4 is 11.8 Å². The Morgan fingerprint density at radius 2 is 1.71 bits per heavy atom. The SMILES string of the molecule is CCOC(OCC)c1ncc(NC(=O)OCc2ccccc2)cn1. The third-order valence-corrected chi connectivity index (χ3v) is 2.98. The van der Waals surface area contributed by atoms with Gasteiger partial charge in [0.05, 0.1) is 18.1 Å². The molecule has 0 aliphatic heterocycles. The van der Waals surface area contributed by atoms with Crippen LogP contribution < -0.4 is 5.32 Å². The number of benzene rings is 1. The second kappa shape index (κ2) is 9.59. The Morgan fingerprint density at radius 3 is 2.29 bits per heavy atom. The fourth-order valence-electron chi connectivity index (χ4n) is 1.90. The van der Waals surface area contributed by atoms with Crippen molar-refractivity contribution in [1.29, 1.82) is 0 Å². The normalized spacial score (nSPS) is 10.6. The molecule has 0 saturated heterocycles. The summed E-state index contributed by atoms with van der Waals surface area (Å²) >= 11 is 0. The van der Waals surface area contributed by atoms with Gasteiger partial charge < -0.3 is 14.2 Å². The summed E-state index contributed by atoms with van der Waals surface area (Å²) in [7, 11) is 0. The van der Waals surface area contributed by atoms with E-state index in [1.165, 1.54) is 12.4 Å². The highest BCUT2D eigenvalue weighted by molar-refractivity contribution is 5.83. The van der Waals surface area contributed by atoms with Crippen molar-refractivity contribution in [2.75, 3.05) is 18.5 Å². The Kier molecular flexibility index (Phi) is 7.13. The van der Waals surface area contributed by atoms with Gasteiger partial charge in [-0.1, -0.05) is 30.3 Å². The summed E-state index contributed by atoms with van der Waals surface area (Å²) in [6.45, 7) is 4.90. The van der Waals surface area contributed by atoms with Gasteiger partial charge in [0.2, 0.25) is 6.29 Å². The molecule has 0 aliphatic carbocycles. The second-order valence-corrected chi connectivity index (χ2v) is 4.76. The van der Waals surface area contributed by atoms with Gasteiger partial charge in [-0.3, -0.25) is 5.32 Å². The van der Waals surface area contributed by atoms with E-state index in [0.717, 1.165) is 5.56 Å². The van der Waals surface area contributed by atoms with Crippen molar-refractivity contribution < 1.29 is 19.0 Å². The number of rotatable bonds is 8. The summed E-state index contributed by atoms with van der Waals surface area (Å²) < 4.78 is 16.0. The lowest BCUT2D eigenvalue weighted by molar-refractivity contribution is -0.145. The van der Waals surface area contributed by atoms with Crippen LogP contribution in [0, 0.1) is 0 Å². The van der Waals surface area contributed by atoms with E-state index < -0.39 is 12.4 Å². The van der Waals surface area contributed by atoms with E-state index in [-0.39, 0.29) is 6.61 Å². The van der Waals surface area contributed by atoms with Gasteiger partial charge in [0.1, 0.15) is 6.61 Å². The maximum atomic E-state index is 11.8. The zero-order valence-electron chi connectivity index (χ0n) is 13.8. The molecule has 1 aromatic carbocycles. The maximum Gasteiger partial charge on any atom is 0.412 e. The van der Waals surface area contributed by atoms with Crippen LogP contribution in [0.3, 0.4) is 0 Å². The maximum absolute atomic E-state index is 11.8. The average Bonchev–Trinajstić information content (AvgIpc) is 2.61. The molecule has 0 unspecified atom stereocenters. The van der Waals surface area contributed by atoms with Gasteiger partial charge in [0.25, 0.3) is 0 Å². The van der Waals surface area contributed by atoms with Crippen molar-refractivity contribution in [2.45, 2.75) is 26.7 Å². The van der Waals surface area contributed by atoms with E-state index in [4.69, 9.17) is 14.2 Å². The number of ether oxygens (including phenoxy) is 3. The highest BCUT2D eigenvalue weighted by atomic mass is 16.7. The molecule has 0 spiro atoms. The van der Waals surface area contributed by atoms with Crippen LogP contribution >= 0.6 is 0 Å². The number of aromatic nitrogens is 2. The van der Waals surface area contributed by atoms with E-state index in [1.807, 2.05) is 44.2 Å². The van der Waals surface area contributed by atoms with Gasteiger partial charge in [0.15, 0.2) is 5.82 Å². The molecule has 1 aromatic heterocycles. The Hall–Kier alpha value is -2.51. The van der Waals surface area contributed by atoms with Crippen molar-refractivity contribution in [3.05, 3.63) is 54.1 Å². The highest BCUT2D eigenvalue weighted by Gasteiger charge is 2.14. The first-order valence-corrected chi connectivity index (χ1v) is 7.75. The average molecular weight is 331 g/mol. The number of hydrogen-bond donors (Lipinski definition) is 1. The smallest absolute Gasteiger partial charge is 0.412 e. The lowest BCUT2D eigenvalue weighted by Crippen LogP contribution is -2.16. The van der Waals surface area contributed by atoms with Crippen LogP contribution in [0.25, 0.3) is 0 Å². The number of hydrogen-bond acceptors (Lipinski definition) is 6. The van der Waals surface area contributed by atoms with E-state index in [0.29, 0.717) is 24.7 Å². The number of nitrogens with zero attached hydrogens (tertiary/aromatic N) is 2. The zero-order valence-corrected chi connectivity index (χ0v) is 13.8. The van der Waals surface area contributed by atoms with Gasteiger partial charge in [-0.15, -0.1) is 0 Å². The Bertz CT molecular complexity index is 613. The van der Waals surface area contributed by atoms with Crippen molar-refractivity contribution in [3.63, 3.8) is 0 Å². The lowest BCUT2D eigenvalue weighted by Gasteiger charge is -2.15. The molecule has 7 nitrogen and oxygen atoms in total. The molecule has 0 radical (unpaired) electrons. The Balaban J connectivity index is 1.87. The third kappa shape index (κ3) is 5.60. The third-order valence-electron chi connectivity index (χ3n) is 2.98. The first kappa shape index (κ1) is 17.8. The standard InChI is InChI=1S/C17H21N3O4/c1-3-22-16(23-4-2)15-18-10-14(11-19-15)20-17(21)24-12-13-8-6-5-7-9-13/h5-11,16H,3-4,12H2,1-2H3,(H,20,21). The molecule has 0 atom stereocenters. The summed E-state index contributed by atoms with van der Waals surface area (Å²) in [5.74, 6) is 0.405. The number of carbonyl (C=O) groups is 1. The first-order chi connectivity index (χ1) is 11.7. The fraction of sp³-hybridized carbons (Fsp3) is 0.353. The van der Waals surface area contributed by atoms with Gasteiger partial charge >= 0.3 is 6.09 Å². The van der Waals surface area contributed by atoms with Crippen LogP contribution in [0.5, 0.6) is 0 Å². The molecule has 1 amide bonds. The summed E-state index contributed by atoms with van der Waals surface area (Å²) in [6.07, 6.45) is 1.79.